The molecule has 0 bridgehead atoms. The Bertz CT molecular complexity index is 356. The molecule has 0 aromatic heterocycles. The molecule has 0 saturated heterocycles. The molecule has 0 radical (unpaired) electrons. The Balaban J connectivity index is 0.00000225. The molecule has 0 aliphatic rings. The Kier molecular flexibility index (Phi) is 6.88. The van der Waals surface area contributed by atoms with E-state index in [1.807, 2.05) is 30.3 Å². The quantitative estimate of drug-likeness (QED) is 0.497. The van der Waals surface area contributed by atoms with E-state index in [1.54, 1.807) is 0 Å². The van der Waals surface area contributed by atoms with Crippen molar-refractivity contribution < 1.29 is 4.79 Å². The highest BCUT2D eigenvalue weighted by atomic mass is 35.5. The van der Waals surface area contributed by atoms with Gasteiger partial charge in [-0.15, -0.1) is 12.4 Å². The van der Waals surface area contributed by atoms with Gasteiger partial charge in [-0.3, -0.25) is 15.5 Å². The SMILES string of the molecule is Cl.N=C(NC(=O)Cc1ccccc1)N(Cl)Cl. The molecular weight excluding hydrogens is 272 g/mol. The molecule has 4 nitrogen and oxygen atoms in total. The maximum atomic E-state index is 11.3. The topological polar surface area (TPSA) is 56.2 Å². The van der Waals surface area contributed by atoms with Gasteiger partial charge in [0.2, 0.25) is 11.9 Å². The van der Waals surface area contributed by atoms with Crippen LogP contribution in [0, 0.1) is 5.41 Å². The van der Waals surface area contributed by atoms with Crippen molar-refractivity contribution in [1.29, 1.82) is 5.41 Å². The number of halogens is 3. The summed E-state index contributed by atoms with van der Waals surface area (Å²) in [6, 6.07) is 9.18. The zero-order valence-electron chi connectivity index (χ0n) is 8.11. The predicted octanol–water partition coefficient (Wildman–Crippen LogP) is 2.31. The molecule has 0 saturated carbocycles. The molecule has 0 heterocycles. The minimum atomic E-state index is -0.362. The van der Waals surface area contributed by atoms with Crippen molar-refractivity contribution >= 4 is 47.8 Å². The first-order valence-corrected chi connectivity index (χ1v) is 4.81. The van der Waals surface area contributed by atoms with Crippen LogP contribution in [0.25, 0.3) is 0 Å². The summed E-state index contributed by atoms with van der Waals surface area (Å²) in [7, 11) is 0. The number of carbonyl (C=O) groups excluding carboxylic acids is 1. The van der Waals surface area contributed by atoms with Crippen molar-refractivity contribution in [2.45, 2.75) is 6.42 Å². The number of amides is 1. The van der Waals surface area contributed by atoms with Gasteiger partial charge in [0.15, 0.2) is 0 Å². The zero-order chi connectivity index (χ0) is 11.3. The molecule has 1 rings (SSSR count). The molecule has 2 N–H and O–H groups in total. The Labute approximate surface area is 110 Å². The van der Waals surface area contributed by atoms with Crippen LogP contribution >= 0.6 is 36.0 Å². The first-order chi connectivity index (χ1) is 7.09. The van der Waals surface area contributed by atoms with Gasteiger partial charge in [0, 0.05) is 23.6 Å². The van der Waals surface area contributed by atoms with Crippen molar-refractivity contribution in [2.75, 3.05) is 0 Å². The molecular formula is C9H10Cl3N3O. The summed E-state index contributed by atoms with van der Waals surface area (Å²) in [5, 5.41) is 9.40. The molecule has 0 aliphatic heterocycles. The molecule has 1 amide bonds. The summed E-state index contributed by atoms with van der Waals surface area (Å²) in [6.07, 6.45) is 0.185. The summed E-state index contributed by atoms with van der Waals surface area (Å²) >= 11 is 10.5. The van der Waals surface area contributed by atoms with Gasteiger partial charge in [0.25, 0.3) is 0 Å². The number of carbonyl (C=O) groups is 1. The fourth-order valence-electron chi connectivity index (χ4n) is 1.000. The van der Waals surface area contributed by atoms with Gasteiger partial charge in [-0.25, -0.2) is 0 Å². The number of nitrogens with one attached hydrogen (secondary N) is 2. The fraction of sp³-hybridized carbons (Fsp3) is 0.111. The summed E-state index contributed by atoms with van der Waals surface area (Å²) in [6.45, 7) is 0. The van der Waals surface area contributed by atoms with Crippen LogP contribution in [0.2, 0.25) is 0 Å². The van der Waals surface area contributed by atoms with Crippen molar-refractivity contribution in [3.8, 4) is 0 Å². The molecule has 1 aromatic carbocycles. The van der Waals surface area contributed by atoms with Crippen LogP contribution in [0.1, 0.15) is 5.56 Å². The van der Waals surface area contributed by atoms with Gasteiger partial charge in [0.1, 0.15) is 0 Å². The van der Waals surface area contributed by atoms with Crippen molar-refractivity contribution in [3.63, 3.8) is 0 Å². The average molecular weight is 283 g/mol. The minimum absolute atomic E-state index is 0. The lowest BCUT2D eigenvalue weighted by Gasteiger charge is -2.08. The maximum Gasteiger partial charge on any atom is 0.231 e. The number of hydrogen-bond donors (Lipinski definition) is 2. The Morgan fingerprint density at radius 2 is 1.88 bits per heavy atom. The number of hydrogen-bond acceptors (Lipinski definition) is 2. The van der Waals surface area contributed by atoms with E-state index in [2.05, 4.69) is 5.32 Å². The molecule has 0 unspecified atom stereocenters. The summed E-state index contributed by atoms with van der Waals surface area (Å²) in [5.41, 5.74) is 0.860. The molecule has 1 aromatic rings. The van der Waals surface area contributed by atoms with Crippen LogP contribution in [0.5, 0.6) is 0 Å². The molecule has 16 heavy (non-hydrogen) atoms. The summed E-state index contributed by atoms with van der Waals surface area (Å²) < 4.78 is 0.489. The Morgan fingerprint density at radius 3 is 2.38 bits per heavy atom. The first kappa shape index (κ1) is 15.0. The van der Waals surface area contributed by atoms with Crippen molar-refractivity contribution in [2.24, 2.45) is 0 Å². The Hall–Kier alpha value is -0.970. The van der Waals surface area contributed by atoms with Gasteiger partial charge in [0.05, 0.1) is 6.42 Å². The molecule has 0 spiro atoms. The van der Waals surface area contributed by atoms with E-state index in [4.69, 9.17) is 29.0 Å². The first-order valence-electron chi connectivity index (χ1n) is 4.13. The second kappa shape index (κ2) is 7.33. The fourth-order valence-corrected chi connectivity index (χ4v) is 1.08. The van der Waals surface area contributed by atoms with Crippen molar-refractivity contribution in [3.05, 3.63) is 35.9 Å². The van der Waals surface area contributed by atoms with Gasteiger partial charge >= 0.3 is 0 Å². The predicted molar refractivity (Wildman–Crippen MR) is 66.8 cm³/mol. The third-order valence-electron chi connectivity index (χ3n) is 1.63. The summed E-state index contributed by atoms with van der Waals surface area (Å²) in [4.78, 5) is 11.3. The molecule has 7 heteroatoms. The maximum absolute atomic E-state index is 11.3. The van der Waals surface area contributed by atoms with Crippen LogP contribution in [0.15, 0.2) is 30.3 Å². The van der Waals surface area contributed by atoms with E-state index in [1.165, 1.54) is 0 Å². The van der Waals surface area contributed by atoms with E-state index in [-0.39, 0.29) is 30.7 Å². The number of nitrogens with zero attached hydrogens (tertiary/aromatic N) is 1. The lowest BCUT2D eigenvalue weighted by Crippen LogP contribution is -2.36. The van der Waals surface area contributed by atoms with Gasteiger partial charge < -0.3 is 0 Å². The molecule has 0 aliphatic carbocycles. The Morgan fingerprint density at radius 1 is 1.31 bits per heavy atom. The zero-order valence-corrected chi connectivity index (χ0v) is 10.4. The number of benzene rings is 1. The molecule has 88 valence electrons. The highest BCUT2D eigenvalue weighted by molar-refractivity contribution is 6.42. The lowest BCUT2D eigenvalue weighted by molar-refractivity contribution is -0.119. The monoisotopic (exact) mass is 281 g/mol. The van der Waals surface area contributed by atoms with Gasteiger partial charge in [-0.2, -0.15) is 3.94 Å². The van der Waals surface area contributed by atoms with Crippen LogP contribution < -0.4 is 5.32 Å². The van der Waals surface area contributed by atoms with Gasteiger partial charge in [-0.1, -0.05) is 30.3 Å². The molecule has 0 fully saturated rings. The number of rotatable bonds is 2. The molecule has 0 atom stereocenters. The third-order valence-corrected chi connectivity index (χ3v) is 1.97. The van der Waals surface area contributed by atoms with Crippen LogP contribution in [-0.2, 0) is 11.2 Å². The second-order valence-corrected chi connectivity index (χ2v) is 3.64. The van der Waals surface area contributed by atoms with E-state index in [9.17, 15) is 4.79 Å². The van der Waals surface area contributed by atoms with E-state index in [0.717, 1.165) is 5.56 Å². The normalized spacial score (nSPS) is 8.88. The highest BCUT2D eigenvalue weighted by Crippen LogP contribution is 2.01. The third kappa shape index (κ3) is 5.21. The smallest absolute Gasteiger partial charge is 0.231 e. The second-order valence-electron chi connectivity index (χ2n) is 2.79. The largest absolute Gasteiger partial charge is 0.294 e. The van der Waals surface area contributed by atoms with E-state index in [0.29, 0.717) is 3.94 Å². The van der Waals surface area contributed by atoms with E-state index >= 15 is 0 Å². The minimum Gasteiger partial charge on any atom is -0.294 e. The van der Waals surface area contributed by atoms with Crippen LogP contribution in [0.4, 0.5) is 0 Å². The van der Waals surface area contributed by atoms with E-state index < -0.39 is 0 Å². The lowest BCUT2D eigenvalue weighted by atomic mass is 10.1. The standard InChI is InChI=1S/C9H9Cl2N3O.ClH/c10-14(11)9(12)13-8(15)6-7-4-2-1-3-5-7;/h1-5H,6H2,(H2,12,13,15);1H. The van der Waals surface area contributed by atoms with Crippen molar-refractivity contribution in [1.82, 2.24) is 9.25 Å². The number of guanidine groups is 1. The average Bonchev–Trinajstić information content (AvgIpc) is 2.18. The van der Waals surface area contributed by atoms with Crippen LogP contribution in [-0.4, -0.2) is 15.8 Å². The summed E-state index contributed by atoms with van der Waals surface area (Å²) in [5.74, 6) is -0.697. The highest BCUT2D eigenvalue weighted by Gasteiger charge is 2.08. The van der Waals surface area contributed by atoms with Gasteiger partial charge in [-0.05, 0) is 5.56 Å². The van der Waals surface area contributed by atoms with Crippen LogP contribution in [0.3, 0.4) is 0 Å².